The van der Waals surface area contributed by atoms with Gasteiger partial charge in [-0.15, -0.1) is 0 Å². The number of hydrogen-bond donors (Lipinski definition) is 0. The van der Waals surface area contributed by atoms with Crippen molar-refractivity contribution in [2.75, 3.05) is 0 Å². The van der Waals surface area contributed by atoms with Gasteiger partial charge in [0.05, 0.1) is 11.1 Å². The van der Waals surface area contributed by atoms with Crippen molar-refractivity contribution < 1.29 is 36.0 Å². The third-order valence-corrected chi connectivity index (χ3v) is 1.80. The van der Waals surface area contributed by atoms with Gasteiger partial charge in [0.2, 0.25) is 5.75 Å². The van der Waals surface area contributed by atoms with E-state index in [2.05, 4.69) is 9.72 Å². The van der Waals surface area contributed by atoms with Gasteiger partial charge in [0.15, 0.2) is 0 Å². The molecule has 1 heterocycles. The minimum absolute atomic E-state index is 0.405. The van der Waals surface area contributed by atoms with E-state index in [9.17, 15) is 36.5 Å². The topological polar surface area (TPSA) is 65.3 Å². The van der Waals surface area contributed by atoms with Crippen molar-refractivity contribution in [2.24, 2.45) is 0 Å². The summed E-state index contributed by atoms with van der Waals surface area (Å²) in [7, 11) is 0. The molecule has 0 bridgehead atoms. The molecule has 0 fully saturated rings. The highest BCUT2D eigenvalue weighted by molar-refractivity contribution is 5.43. The molecule has 0 aliphatic carbocycles. The molecule has 0 N–H and O–H groups in total. The van der Waals surface area contributed by atoms with E-state index in [0.29, 0.717) is 12.3 Å². The molecule has 0 radical (unpaired) electrons. The maximum absolute atomic E-state index is 12.2. The van der Waals surface area contributed by atoms with E-state index in [4.69, 9.17) is 0 Å². The highest BCUT2D eigenvalue weighted by Gasteiger charge is 2.59. The molecule has 0 aromatic carbocycles. The van der Waals surface area contributed by atoms with Crippen LogP contribution in [0.4, 0.5) is 32.0 Å². The van der Waals surface area contributed by atoms with Gasteiger partial charge < -0.3 is 4.74 Å². The first kappa shape index (κ1) is 15.0. The average molecular weight is 290 g/mol. The standard InChI is InChI=1S/C8H4F6N2O3/c9-7(10,11)6(8(12,13)14)19-5-3-15-2-1-4(5)16(17)18/h1-3,6H. The normalized spacial score (nSPS) is 12.6. The number of halogens is 6. The first-order valence-corrected chi connectivity index (χ1v) is 4.42. The molecule has 0 aliphatic heterocycles. The number of rotatable bonds is 3. The van der Waals surface area contributed by atoms with Gasteiger partial charge >= 0.3 is 18.0 Å². The fourth-order valence-corrected chi connectivity index (χ4v) is 1.06. The molecular formula is C8H4F6N2O3. The molecule has 5 nitrogen and oxygen atoms in total. The number of pyridine rings is 1. The van der Waals surface area contributed by atoms with Gasteiger partial charge in [0, 0.05) is 12.3 Å². The van der Waals surface area contributed by atoms with E-state index < -0.39 is 34.8 Å². The minimum Gasteiger partial charge on any atom is -0.463 e. The molecule has 0 saturated carbocycles. The highest BCUT2D eigenvalue weighted by atomic mass is 19.4. The number of hydrogen-bond acceptors (Lipinski definition) is 4. The summed E-state index contributed by atoms with van der Waals surface area (Å²) in [6, 6.07) is 0.624. The van der Waals surface area contributed by atoms with Crippen molar-refractivity contribution in [2.45, 2.75) is 18.5 Å². The van der Waals surface area contributed by atoms with Crippen LogP contribution in [0.25, 0.3) is 0 Å². The molecular weight excluding hydrogens is 286 g/mol. The minimum atomic E-state index is -5.76. The van der Waals surface area contributed by atoms with Crippen LogP contribution in [0.1, 0.15) is 0 Å². The van der Waals surface area contributed by atoms with Crippen LogP contribution in [0.15, 0.2) is 18.5 Å². The number of nitro groups is 1. The molecule has 1 aromatic rings. The smallest absolute Gasteiger partial charge is 0.434 e. The van der Waals surface area contributed by atoms with Crippen LogP contribution < -0.4 is 4.74 Å². The third-order valence-electron chi connectivity index (χ3n) is 1.80. The van der Waals surface area contributed by atoms with Gasteiger partial charge in [-0.05, 0) is 0 Å². The molecule has 11 heteroatoms. The van der Waals surface area contributed by atoms with Gasteiger partial charge in [0.1, 0.15) is 0 Å². The van der Waals surface area contributed by atoms with Crippen LogP contribution in [-0.2, 0) is 0 Å². The average Bonchev–Trinajstić information content (AvgIpc) is 2.23. The fraction of sp³-hybridized carbons (Fsp3) is 0.375. The largest absolute Gasteiger partial charge is 0.463 e. The zero-order chi connectivity index (χ0) is 14.8. The van der Waals surface area contributed by atoms with Crippen LogP contribution in [0, 0.1) is 10.1 Å². The summed E-state index contributed by atoms with van der Waals surface area (Å²) < 4.78 is 76.9. The number of aromatic nitrogens is 1. The molecule has 0 saturated heterocycles. The molecule has 0 amide bonds. The van der Waals surface area contributed by atoms with Gasteiger partial charge in [-0.3, -0.25) is 15.1 Å². The Morgan fingerprint density at radius 2 is 1.74 bits per heavy atom. The summed E-state index contributed by atoms with van der Waals surface area (Å²) in [6.07, 6.45) is -14.4. The molecule has 0 aliphatic rings. The maximum atomic E-state index is 12.2. The van der Waals surface area contributed by atoms with Gasteiger partial charge in [-0.25, -0.2) is 0 Å². The van der Waals surface area contributed by atoms with Crippen LogP contribution in [0.2, 0.25) is 0 Å². The monoisotopic (exact) mass is 290 g/mol. The second-order valence-corrected chi connectivity index (χ2v) is 3.18. The Balaban J connectivity index is 3.15. The first-order chi connectivity index (χ1) is 8.53. The molecule has 1 rings (SSSR count). The quantitative estimate of drug-likeness (QED) is 0.488. The Bertz CT molecular complexity index is 458. The van der Waals surface area contributed by atoms with Gasteiger partial charge in [0.25, 0.3) is 6.10 Å². The van der Waals surface area contributed by atoms with Crippen molar-refractivity contribution in [3.63, 3.8) is 0 Å². The molecule has 1 aromatic heterocycles. The Hall–Kier alpha value is -2.07. The Morgan fingerprint density at radius 3 is 2.16 bits per heavy atom. The SMILES string of the molecule is O=[N+]([O-])c1ccncc1OC(C(F)(F)F)C(F)(F)F. The van der Waals surface area contributed by atoms with E-state index in [0.717, 1.165) is 6.20 Å². The maximum Gasteiger partial charge on any atom is 0.434 e. The lowest BCUT2D eigenvalue weighted by atomic mass is 10.3. The molecule has 106 valence electrons. The number of nitrogens with zero attached hydrogens (tertiary/aromatic N) is 2. The summed E-state index contributed by atoms with van der Waals surface area (Å²) in [6.45, 7) is 0. The summed E-state index contributed by atoms with van der Waals surface area (Å²) in [5.74, 6) is -1.22. The van der Waals surface area contributed by atoms with E-state index >= 15 is 0 Å². The third kappa shape index (κ3) is 3.69. The van der Waals surface area contributed by atoms with E-state index in [1.165, 1.54) is 0 Å². The highest BCUT2D eigenvalue weighted by Crippen LogP contribution is 2.38. The lowest BCUT2D eigenvalue weighted by molar-refractivity contribution is -0.387. The Morgan fingerprint density at radius 1 is 1.21 bits per heavy atom. The summed E-state index contributed by atoms with van der Waals surface area (Å²) in [4.78, 5) is 12.4. The van der Waals surface area contributed by atoms with E-state index in [-0.39, 0.29) is 0 Å². The summed E-state index contributed by atoms with van der Waals surface area (Å²) in [5, 5.41) is 10.4. The number of alkyl halides is 6. The first-order valence-electron chi connectivity index (χ1n) is 4.42. The van der Waals surface area contributed by atoms with Crippen molar-refractivity contribution in [3.8, 4) is 5.75 Å². The predicted octanol–water partition coefficient (Wildman–Crippen LogP) is 2.86. The zero-order valence-corrected chi connectivity index (χ0v) is 8.70. The van der Waals surface area contributed by atoms with Crippen molar-refractivity contribution in [1.82, 2.24) is 4.98 Å². The second-order valence-electron chi connectivity index (χ2n) is 3.18. The summed E-state index contributed by atoms with van der Waals surface area (Å²) >= 11 is 0. The number of ether oxygens (including phenoxy) is 1. The molecule has 0 spiro atoms. The van der Waals surface area contributed by atoms with Crippen LogP contribution in [0.3, 0.4) is 0 Å². The lowest BCUT2D eigenvalue weighted by Gasteiger charge is -2.23. The van der Waals surface area contributed by atoms with Crippen molar-refractivity contribution >= 4 is 5.69 Å². The van der Waals surface area contributed by atoms with Crippen LogP contribution in [-0.4, -0.2) is 28.4 Å². The fourth-order valence-electron chi connectivity index (χ4n) is 1.06. The molecule has 0 unspecified atom stereocenters. The van der Waals surface area contributed by atoms with E-state index in [1.807, 2.05) is 0 Å². The van der Waals surface area contributed by atoms with E-state index in [1.54, 1.807) is 0 Å². The lowest BCUT2D eigenvalue weighted by Crippen LogP contribution is -2.46. The van der Waals surface area contributed by atoms with Crippen LogP contribution >= 0.6 is 0 Å². The van der Waals surface area contributed by atoms with Gasteiger partial charge in [-0.1, -0.05) is 0 Å². The molecule has 0 atom stereocenters. The second kappa shape index (κ2) is 4.90. The Kier molecular flexibility index (Phi) is 3.86. The van der Waals surface area contributed by atoms with Crippen molar-refractivity contribution in [1.29, 1.82) is 0 Å². The Labute approximate surface area is 101 Å². The molecule has 19 heavy (non-hydrogen) atoms. The zero-order valence-electron chi connectivity index (χ0n) is 8.70. The summed E-state index contributed by atoms with van der Waals surface area (Å²) in [5.41, 5.74) is -1.05. The van der Waals surface area contributed by atoms with Crippen molar-refractivity contribution in [3.05, 3.63) is 28.6 Å². The predicted molar refractivity (Wildman–Crippen MR) is 47.4 cm³/mol. The van der Waals surface area contributed by atoms with Gasteiger partial charge in [-0.2, -0.15) is 26.3 Å². The van der Waals surface area contributed by atoms with Crippen LogP contribution in [0.5, 0.6) is 5.75 Å².